The maximum absolute atomic E-state index is 13.6. The van der Waals surface area contributed by atoms with Gasteiger partial charge in [0.15, 0.2) is 0 Å². The second-order valence-electron chi connectivity index (χ2n) is 6.08. The summed E-state index contributed by atoms with van der Waals surface area (Å²) in [7, 11) is -4.13. The largest absolute Gasteiger partial charge is 0.416 e. The molecule has 0 aliphatic rings. The maximum Gasteiger partial charge on any atom is 0.416 e. The molecule has 0 spiro atoms. The van der Waals surface area contributed by atoms with Gasteiger partial charge < -0.3 is 5.73 Å². The van der Waals surface area contributed by atoms with Crippen LogP contribution >= 0.6 is 12.4 Å². The molecule has 2 aromatic carbocycles. The summed E-state index contributed by atoms with van der Waals surface area (Å²) in [6.45, 7) is 0.993. The molecule has 0 heterocycles. The standard InChI is InChI=1S/C17H17F4N3O4S.ClH/c1-2-23(29(27,28)15-5-3-14(4-6-15)24(25)26)10-16(22)11-7-12(17(19,20)21)9-13(18)8-11;/h3-9,16H,2,10,22H2,1H3;1H. The summed E-state index contributed by atoms with van der Waals surface area (Å²) < 4.78 is 78.6. The lowest BCUT2D eigenvalue weighted by molar-refractivity contribution is -0.384. The first kappa shape index (κ1) is 25.8. The first-order valence-electron chi connectivity index (χ1n) is 8.24. The molecule has 0 radical (unpaired) electrons. The van der Waals surface area contributed by atoms with Crippen LogP contribution in [-0.2, 0) is 16.2 Å². The zero-order valence-corrected chi connectivity index (χ0v) is 17.1. The molecular weight excluding hydrogens is 454 g/mol. The van der Waals surface area contributed by atoms with Crippen LogP contribution in [0.2, 0.25) is 0 Å². The van der Waals surface area contributed by atoms with E-state index in [0.717, 1.165) is 34.6 Å². The average Bonchev–Trinajstić information content (AvgIpc) is 2.64. The lowest BCUT2D eigenvalue weighted by Gasteiger charge is -2.24. The lowest BCUT2D eigenvalue weighted by Crippen LogP contribution is -2.37. The average molecular weight is 472 g/mol. The number of alkyl halides is 3. The molecule has 2 aromatic rings. The summed E-state index contributed by atoms with van der Waals surface area (Å²) in [4.78, 5) is 9.77. The van der Waals surface area contributed by atoms with Crippen molar-refractivity contribution in [2.75, 3.05) is 13.1 Å². The SMILES string of the molecule is CCN(CC(N)c1cc(F)cc(C(F)(F)F)c1)S(=O)(=O)c1ccc([N+](=O)[O-])cc1.Cl. The molecule has 166 valence electrons. The van der Waals surface area contributed by atoms with Crippen LogP contribution in [0.1, 0.15) is 24.1 Å². The lowest BCUT2D eigenvalue weighted by atomic mass is 10.0. The van der Waals surface area contributed by atoms with Crippen LogP contribution in [0.4, 0.5) is 23.2 Å². The molecule has 0 saturated carbocycles. The van der Waals surface area contributed by atoms with E-state index < -0.39 is 45.1 Å². The van der Waals surface area contributed by atoms with Crippen molar-refractivity contribution in [1.29, 1.82) is 0 Å². The Hall–Kier alpha value is -2.28. The Morgan fingerprint density at radius 1 is 1.17 bits per heavy atom. The van der Waals surface area contributed by atoms with Crippen molar-refractivity contribution in [3.05, 3.63) is 69.5 Å². The van der Waals surface area contributed by atoms with E-state index in [9.17, 15) is 36.1 Å². The molecular formula is C17H18ClF4N3O4S. The van der Waals surface area contributed by atoms with Gasteiger partial charge in [-0.15, -0.1) is 12.4 Å². The van der Waals surface area contributed by atoms with E-state index in [1.165, 1.54) is 6.92 Å². The number of rotatable bonds is 7. The first-order chi connectivity index (χ1) is 13.4. The van der Waals surface area contributed by atoms with Crippen molar-refractivity contribution in [2.45, 2.75) is 24.0 Å². The molecule has 0 aliphatic carbocycles. The number of halogens is 5. The maximum atomic E-state index is 13.6. The van der Waals surface area contributed by atoms with Crippen LogP contribution in [0.5, 0.6) is 0 Å². The van der Waals surface area contributed by atoms with Crippen molar-refractivity contribution < 1.29 is 30.9 Å². The molecule has 0 bridgehead atoms. The molecule has 0 aliphatic heterocycles. The number of likely N-dealkylation sites (N-methyl/N-ethyl adjacent to an activating group) is 1. The molecule has 30 heavy (non-hydrogen) atoms. The second kappa shape index (κ2) is 9.69. The van der Waals surface area contributed by atoms with Gasteiger partial charge in [0.1, 0.15) is 5.82 Å². The summed E-state index contributed by atoms with van der Waals surface area (Å²) in [5.41, 5.74) is 4.11. The number of nitro benzene ring substituents is 1. The third-order valence-electron chi connectivity index (χ3n) is 4.11. The molecule has 2 rings (SSSR count). The van der Waals surface area contributed by atoms with Gasteiger partial charge >= 0.3 is 6.18 Å². The van der Waals surface area contributed by atoms with Crippen LogP contribution in [0.25, 0.3) is 0 Å². The third kappa shape index (κ3) is 5.88. The molecule has 0 aromatic heterocycles. The summed E-state index contributed by atoms with van der Waals surface area (Å²) in [6, 6.07) is 4.69. The fourth-order valence-electron chi connectivity index (χ4n) is 2.60. The number of nitro groups is 1. The Labute approximate surface area is 176 Å². The summed E-state index contributed by atoms with van der Waals surface area (Å²) in [5.74, 6) is -1.15. The molecule has 0 fully saturated rings. The van der Waals surface area contributed by atoms with Crippen molar-refractivity contribution in [2.24, 2.45) is 5.73 Å². The molecule has 1 unspecified atom stereocenters. The quantitative estimate of drug-likeness (QED) is 0.374. The van der Waals surface area contributed by atoms with Crippen molar-refractivity contribution in [1.82, 2.24) is 4.31 Å². The van der Waals surface area contributed by atoms with Gasteiger partial charge in [0.2, 0.25) is 10.0 Å². The third-order valence-corrected chi connectivity index (χ3v) is 6.07. The molecule has 0 saturated heterocycles. The van der Waals surface area contributed by atoms with E-state index in [1.54, 1.807) is 0 Å². The monoisotopic (exact) mass is 471 g/mol. The number of hydrogen-bond acceptors (Lipinski definition) is 5. The minimum atomic E-state index is -4.79. The number of nitrogens with zero attached hydrogens (tertiary/aromatic N) is 2. The number of non-ortho nitro benzene ring substituents is 1. The topological polar surface area (TPSA) is 107 Å². The van der Waals surface area contributed by atoms with Crippen LogP contribution < -0.4 is 5.73 Å². The Bertz CT molecular complexity index is 1000. The number of hydrogen-bond donors (Lipinski definition) is 1. The Balaban J connectivity index is 0.00000450. The molecule has 13 heteroatoms. The van der Waals surface area contributed by atoms with E-state index in [2.05, 4.69) is 0 Å². The van der Waals surface area contributed by atoms with E-state index >= 15 is 0 Å². The molecule has 7 nitrogen and oxygen atoms in total. The predicted molar refractivity (Wildman–Crippen MR) is 103 cm³/mol. The van der Waals surface area contributed by atoms with E-state index in [1.807, 2.05) is 0 Å². The Morgan fingerprint density at radius 3 is 2.20 bits per heavy atom. The van der Waals surface area contributed by atoms with E-state index in [0.29, 0.717) is 12.1 Å². The number of nitrogens with two attached hydrogens (primary N) is 1. The van der Waals surface area contributed by atoms with Gasteiger partial charge in [0.25, 0.3) is 5.69 Å². The molecule has 0 amide bonds. The van der Waals surface area contributed by atoms with Crippen LogP contribution in [0, 0.1) is 15.9 Å². The van der Waals surface area contributed by atoms with Gasteiger partial charge in [-0.3, -0.25) is 10.1 Å². The van der Waals surface area contributed by atoms with Crippen LogP contribution in [0.15, 0.2) is 47.4 Å². The highest BCUT2D eigenvalue weighted by atomic mass is 35.5. The highest BCUT2D eigenvalue weighted by Crippen LogP contribution is 2.32. The fourth-order valence-corrected chi connectivity index (χ4v) is 4.08. The predicted octanol–water partition coefficient (Wildman–Crippen LogP) is 3.89. The van der Waals surface area contributed by atoms with E-state index in [-0.39, 0.29) is 35.1 Å². The fraction of sp³-hybridized carbons (Fsp3) is 0.294. The zero-order chi connectivity index (χ0) is 22.0. The van der Waals surface area contributed by atoms with Crippen molar-refractivity contribution >= 4 is 28.1 Å². The first-order valence-corrected chi connectivity index (χ1v) is 9.68. The van der Waals surface area contributed by atoms with Crippen molar-refractivity contribution in [3.8, 4) is 0 Å². The highest BCUT2D eigenvalue weighted by molar-refractivity contribution is 7.89. The van der Waals surface area contributed by atoms with Gasteiger partial charge in [-0.2, -0.15) is 17.5 Å². The van der Waals surface area contributed by atoms with Gasteiger partial charge in [0, 0.05) is 31.3 Å². The Morgan fingerprint density at radius 2 is 1.73 bits per heavy atom. The normalized spacial score (nSPS) is 13.0. The summed E-state index contributed by atoms with van der Waals surface area (Å²) in [6.07, 6.45) is -4.79. The van der Waals surface area contributed by atoms with Gasteiger partial charge in [0.05, 0.1) is 15.4 Å². The highest BCUT2D eigenvalue weighted by Gasteiger charge is 2.32. The second-order valence-corrected chi connectivity index (χ2v) is 8.02. The summed E-state index contributed by atoms with van der Waals surface area (Å²) >= 11 is 0. The minimum Gasteiger partial charge on any atom is -0.323 e. The number of sulfonamides is 1. The minimum absolute atomic E-state index is 0. The van der Waals surface area contributed by atoms with Crippen LogP contribution in [0.3, 0.4) is 0 Å². The van der Waals surface area contributed by atoms with Crippen molar-refractivity contribution in [3.63, 3.8) is 0 Å². The van der Waals surface area contributed by atoms with Gasteiger partial charge in [-0.1, -0.05) is 6.92 Å². The Kier molecular flexibility index (Phi) is 8.32. The van der Waals surface area contributed by atoms with Gasteiger partial charge in [-0.25, -0.2) is 12.8 Å². The van der Waals surface area contributed by atoms with Gasteiger partial charge in [-0.05, 0) is 35.9 Å². The van der Waals surface area contributed by atoms with Crippen LogP contribution in [-0.4, -0.2) is 30.7 Å². The zero-order valence-electron chi connectivity index (χ0n) is 15.5. The molecule has 1 atom stereocenters. The smallest absolute Gasteiger partial charge is 0.323 e. The molecule has 2 N–H and O–H groups in total. The number of benzene rings is 2. The van der Waals surface area contributed by atoms with E-state index in [4.69, 9.17) is 5.73 Å². The summed E-state index contributed by atoms with van der Waals surface area (Å²) in [5, 5.41) is 10.7.